The lowest BCUT2D eigenvalue weighted by molar-refractivity contribution is -0.139. The van der Waals surface area contributed by atoms with Crippen molar-refractivity contribution in [2.24, 2.45) is 5.92 Å². The minimum absolute atomic E-state index is 0.0897. The third-order valence-corrected chi connectivity index (χ3v) is 8.56. The Kier molecular flexibility index (Phi) is 6.08. The van der Waals surface area contributed by atoms with Gasteiger partial charge in [0, 0.05) is 36.1 Å². The van der Waals surface area contributed by atoms with E-state index < -0.39 is 12.1 Å². The van der Waals surface area contributed by atoms with Crippen LogP contribution in [0, 0.1) is 5.92 Å². The average molecular weight is 487 g/mol. The number of aromatic nitrogens is 1. The van der Waals surface area contributed by atoms with Crippen molar-refractivity contribution >= 4 is 22.8 Å². The maximum absolute atomic E-state index is 13.8. The number of hydrogen-bond donors (Lipinski definition) is 2. The number of carbonyl (C=O) groups excluding carboxylic acids is 1. The summed E-state index contributed by atoms with van der Waals surface area (Å²) in [4.78, 5) is 27.5. The summed E-state index contributed by atoms with van der Waals surface area (Å²) in [7, 11) is 0. The van der Waals surface area contributed by atoms with Crippen LogP contribution in [0.15, 0.2) is 42.5 Å². The van der Waals surface area contributed by atoms with Crippen molar-refractivity contribution in [3.05, 3.63) is 59.2 Å². The number of likely N-dealkylation sites (tertiary alicyclic amines) is 1. The van der Waals surface area contributed by atoms with Crippen LogP contribution >= 0.6 is 0 Å². The molecular weight excluding hydrogens is 452 g/mol. The molecule has 2 aliphatic heterocycles. The molecule has 6 rings (SSSR count). The zero-order valence-corrected chi connectivity index (χ0v) is 20.7. The van der Waals surface area contributed by atoms with E-state index in [2.05, 4.69) is 22.8 Å². The summed E-state index contributed by atoms with van der Waals surface area (Å²) < 4.78 is 2.25. The molecule has 1 aliphatic carbocycles. The van der Waals surface area contributed by atoms with E-state index in [1.165, 1.54) is 41.6 Å². The molecule has 2 N–H and O–H groups in total. The highest BCUT2D eigenvalue weighted by Crippen LogP contribution is 2.46. The van der Waals surface area contributed by atoms with Crippen LogP contribution in [0.1, 0.15) is 72.3 Å². The Morgan fingerprint density at radius 2 is 1.72 bits per heavy atom. The molecule has 2 fully saturated rings. The summed E-state index contributed by atoms with van der Waals surface area (Å²) in [5.74, 6) is -0.672. The number of fused-ring (bicyclic) bond motifs is 5. The molecule has 3 aliphatic rings. The minimum Gasteiger partial charge on any atom is -0.478 e. The fourth-order valence-electron chi connectivity index (χ4n) is 6.85. The van der Waals surface area contributed by atoms with Crippen LogP contribution in [-0.2, 0) is 17.8 Å². The number of benzene rings is 2. The standard InChI is InChI=1S/C30H34N2O4/c33-23-10-6-14-31(18-23)29(34)22-15-20-9-4-5-11-24(20)28-27(19-7-2-1-3-8-19)25-13-12-21(30(35)36)16-26(25)32(28)17-22/h4-5,9,11-13,16,19,22-23,33H,1-3,6-8,10,14-15,17-18H2,(H,35,36)/t22-,23?/m1/s1. The number of hydrogen-bond acceptors (Lipinski definition) is 3. The number of nitrogens with zero attached hydrogens (tertiary/aromatic N) is 2. The molecule has 1 saturated carbocycles. The van der Waals surface area contributed by atoms with Gasteiger partial charge in [0.05, 0.1) is 23.3 Å². The van der Waals surface area contributed by atoms with E-state index in [0.717, 1.165) is 36.6 Å². The number of aliphatic hydroxyl groups excluding tert-OH is 1. The van der Waals surface area contributed by atoms with Gasteiger partial charge in [-0.25, -0.2) is 4.79 Å². The Labute approximate surface area is 211 Å². The second-order valence-corrected chi connectivity index (χ2v) is 10.9. The van der Waals surface area contributed by atoms with Gasteiger partial charge in [0.2, 0.25) is 5.91 Å². The first kappa shape index (κ1) is 23.3. The van der Waals surface area contributed by atoms with Crippen LogP contribution in [0.4, 0.5) is 0 Å². The van der Waals surface area contributed by atoms with Gasteiger partial charge >= 0.3 is 5.97 Å². The van der Waals surface area contributed by atoms with Crippen molar-refractivity contribution in [1.29, 1.82) is 0 Å². The molecule has 0 radical (unpaired) electrons. The first-order valence-electron chi connectivity index (χ1n) is 13.5. The Hall–Kier alpha value is -3.12. The third kappa shape index (κ3) is 4.01. The van der Waals surface area contributed by atoms with E-state index in [4.69, 9.17) is 0 Å². The van der Waals surface area contributed by atoms with Crippen molar-refractivity contribution in [1.82, 2.24) is 9.47 Å². The average Bonchev–Trinajstić information content (AvgIpc) is 3.11. The number of aromatic carboxylic acids is 1. The van der Waals surface area contributed by atoms with Crippen LogP contribution in [0.2, 0.25) is 0 Å². The molecule has 0 bridgehead atoms. The van der Waals surface area contributed by atoms with E-state index in [9.17, 15) is 19.8 Å². The molecule has 6 heteroatoms. The Morgan fingerprint density at radius 1 is 0.917 bits per heavy atom. The number of β-amino-alcohol motifs (C(OH)–C–C–N with tert-alkyl or cyclic N) is 1. The molecule has 188 valence electrons. The van der Waals surface area contributed by atoms with Gasteiger partial charge in [0.25, 0.3) is 0 Å². The molecule has 1 aromatic heterocycles. The first-order chi connectivity index (χ1) is 17.5. The third-order valence-electron chi connectivity index (χ3n) is 8.56. The normalized spacial score (nSPS) is 22.6. The van der Waals surface area contributed by atoms with Crippen LogP contribution in [-0.4, -0.2) is 50.8 Å². The van der Waals surface area contributed by atoms with E-state index >= 15 is 0 Å². The zero-order valence-electron chi connectivity index (χ0n) is 20.7. The topological polar surface area (TPSA) is 82.8 Å². The number of carboxylic acids is 1. The van der Waals surface area contributed by atoms with Gasteiger partial charge in [0.1, 0.15) is 0 Å². The smallest absolute Gasteiger partial charge is 0.335 e. The summed E-state index contributed by atoms with van der Waals surface area (Å²) in [5.41, 5.74) is 6.03. The van der Waals surface area contributed by atoms with Gasteiger partial charge < -0.3 is 19.7 Å². The Morgan fingerprint density at radius 3 is 2.50 bits per heavy atom. The van der Waals surface area contributed by atoms with E-state index in [0.29, 0.717) is 32.0 Å². The molecule has 2 aromatic carbocycles. The zero-order chi connectivity index (χ0) is 24.8. The molecule has 1 unspecified atom stereocenters. The van der Waals surface area contributed by atoms with E-state index in [-0.39, 0.29) is 17.4 Å². The summed E-state index contributed by atoms with van der Waals surface area (Å²) in [6.07, 6.45) is 7.73. The van der Waals surface area contributed by atoms with Crippen molar-refractivity contribution in [2.45, 2.75) is 69.9 Å². The molecular formula is C30H34N2O4. The second kappa shape index (κ2) is 9.40. The van der Waals surface area contributed by atoms with Gasteiger partial charge in [-0.15, -0.1) is 0 Å². The lowest BCUT2D eigenvalue weighted by Gasteiger charge is -2.33. The largest absolute Gasteiger partial charge is 0.478 e. The van der Waals surface area contributed by atoms with Gasteiger partial charge in [-0.3, -0.25) is 4.79 Å². The Bertz CT molecular complexity index is 1320. The quantitative estimate of drug-likeness (QED) is 0.532. The molecule has 0 spiro atoms. The van der Waals surface area contributed by atoms with Gasteiger partial charge in [-0.05, 0) is 61.3 Å². The monoisotopic (exact) mass is 486 g/mol. The molecule has 6 nitrogen and oxygen atoms in total. The van der Waals surface area contributed by atoms with Gasteiger partial charge in [0.15, 0.2) is 0 Å². The van der Waals surface area contributed by atoms with Gasteiger partial charge in [-0.2, -0.15) is 0 Å². The van der Waals surface area contributed by atoms with E-state index in [1.54, 1.807) is 12.1 Å². The summed E-state index contributed by atoms with van der Waals surface area (Å²) in [6.45, 7) is 1.60. The van der Waals surface area contributed by atoms with Crippen LogP contribution < -0.4 is 0 Å². The van der Waals surface area contributed by atoms with Crippen LogP contribution in [0.5, 0.6) is 0 Å². The highest BCUT2D eigenvalue weighted by molar-refractivity contribution is 5.99. The Balaban J connectivity index is 1.55. The van der Waals surface area contributed by atoms with Gasteiger partial charge in [-0.1, -0.05) is 49.6 Å². The van der Waals surface area contributed by atoms with Crippen LogP contribution in [0.25, 0.3) is 22.2 Å². The molecule has 2 atom stereocenters. The second-order valence-electron chi connectivity index (χ2n) is 10.9. The molecule has 3 heterocycles. The fourth-order valence-corrected chi connectivity index (χ4v) is 6.85. The lowest BCUT2D eigenvalue weighted by atomic mass is 9.81. The van der Waals surface area contributed by atoms with Crippen molar-refractivity contribution in [2.75, 3.05) is 13.1 Å². The first-order valence-corrected chi connectivity index (χ1v) is 13.5. The summed E-state index contributed by atoms with van der Waals surface area (Å²) in [6, 6.07) is 13.9. The lowest BCUT2D eigenvalue weighted by Crippen LogP contribution is -2.46. The molecule has 3 aromatic rings. The minimum atomic E-state index is -0.935. The number of carbonyl (C=O) groups is 2. The van der Waals surface area contributed by atoms with Crippen molar-refractivity contribution < 1.29 is 19.8 Å². The highest BCUT2D eigenvalue weighted by Gasteiger charge is 2.35. The molecule has 1 amide bonds. The number of aliphatic hydroxyl groups is 1. The maximum atomic E-state index is 13.8. The van der Waals surface area contributed by atoms with Crippen molar-refractivity contribution in [3.63, 3.8) is 0 Å². The number of amides is 1. The predicted molar refractivity (Wildman–Crippen MR) is 139 cm³/mol. The van der Waals surface area contributed by atoms with Crippen LogP contribution in [0.3, 0.4) is 0 Å². The highest BCUT2D eigenvalue weighted by atomic mass is 16.4. The van der Waals surface area contributed by atoms with E-state index in [1.807, 2.05) is 17.0 Å². The van der Waals surface area contributed by atoms with Crippen molar-refractivity contribution in [3.8, 4) is 11.3 Å². The predicted octanol–water partition coefficient (Wildman–Crippen LogP) is 5.21. The maximum Gasteiger partial charge on any atom is 0.335 e. The molecule has 1 saturated heterocycles. The number of piperidine rings is 1. The number of rotatable bonds is 3. The summed E-state index contributed by atoms with van der Waals surface area (Å²) >= 11 is 0. The molecule has 36 heavy (non-hydrogen) atoms. The number of carboxylic acid groups (broad SMARTS) is 1. The SMILES string of the molecule is O=C(O)c1ccc2c(C3CCCCC3)c3n(c2c1)C[C@H](C(=O)N1CCCC(O)C1)Cc1ccccc1-3. The fraction of sp³-hybridized carbons (Fsp3) is 0.467. The summed E-state index contributed by atoms with van der Waals surface area (Å²) in [5, 5.41) is 21.1.